The zero-order valence-electron chi connectivity index (χ0n) is 21.9. The number of hydrogen-bond acceptors (Lipinski definition) is 6. The molecule has 1 heterocycles. The summed E-state index contributed by atoms with van der Waals surface area (Å²) in [6.07, 6.45) is 0.498. The lowest BCUT2D eigenvalue weighted by Crippen LogP contribution is -2.52. The van der Waals surface area contributed by atoms with Gasteiger partial charge in [0.1, 0.15) is 22.7 Å². The molecule has 0 aliphatic carbocycles. The molecule has 0 aromatic heterocycles. The Morgan fingerprint density at radius 1 is 1.12 bits per heavy atom. The van der Waals surface area contributed by atoms with Crippen LogP contribution >= 0.6 is 0 Å². The van der Waals surface area contributed by atoms with Crippen molar-refractivity contribution in [3.8, 4) is 0 Å². The predicted molar refractivity (Wildman–Crippen MR) is 133 cm³/mol. The van der Waals surface area contributed by atoms with Crippen LogP contribution in [0.25, 0.3) is 5.70 Å². The molecule has 0 bridgehead atoms. The molecule has 8 nitrogen and oxygen atoms in total. The number of carbonyl (C=O) groups is 2. The van der Waals surface area contributed by atoms with Gasteiger partial charge in [0.2, 0.25) is 0 Å². The van der Waals surface area contributed by atoms with Gasteiger partial charge in [-0.15, -0.1) is 0 Å². The number of ether oxygens (including phenoxy) is 2. The van der Waals surface area contributed by atoms with Crippen molar-refractivity contribution in [1.82, 2.24) is 10.4 Å². The predicted octanol–water partition coefficient (Wildman–Crippen LogP) is 5.06. The van der Waals surface area contributed by atoms with Gasteiger partial charge in [0, 0.05) is 17.4 Å². The molecule has 0 atom stereocenters. The van der Waals surface area contributed by atoms with Gasteiger partial charge in [0.25, 0.3) is 0 Å². The molecule has 188 valence electrons. The van der Waals surface area contributed by atoms with Crippen LogP contribution in [0.15, 0.2) is 24.0 Å². The zero-order valence-corrected chi connectivity index (χ0v) is 21.9. The highest BCUT2D eigenvalue weighted by atomic mass is 16.6. The van der Waals surface area contributed by atoms with Gasteiger partial charge in [0.15, 0.2) is 0 Å². The molecule has 2 rings (SSSR count). The average molecular weight is 474 g/mol. The van der Waals surface area contributed by atoms with E-state index in [2.05, 4.69) is 19.3 Å². The first kappa shape index (κ1) is 27.6. The summed E-state index contributed by atoms with van der Waals surface area (Å²) < 4.78 is 16.9. The molecular formula is C25H39BN2O6. The minimum absolute atomic E-state index is 0.230. The highest BCUT2D eigenvalue weighted by Crippen LogP contribution is 2.32. The summed E-state index contributed by atoms with van der Waals surface area (Å²) in [6.45, 7) is 16.6. The average Bonchev–Trinajstić information content (AvgIpc) is 2.68. The Balaban J connectivity index is 2.66. The first-order valence-corrected chi connectivity index (χ1v) is 11.9. The van der Waals surface area contributed by atoms with Gasteiger partial charge < -0.3 is 19.2 Å². The van der Waals surface area contributed by atoms with Crippen LogP contribution in [-0.2, 0) is 14.1 Å². The molecule has 2 amide bonds. The molecule has 0 fully saturated rings. The van der Waals surface area contributed by atoms with Crippen molar-refractivity contribution in [3.05, 3.63) is 35.1 Å². The Morgan fingerprint density at radius 3 is 2.26 bits per heavy atom. The molecule has 34 heavy (non-hydrogen) atoms. The van der Waals surface area contributed by atoms with Crippen molar-refractivity contribution >= 4 is 30.5 Å². The quantitative estimate of drug-likeness (QED) is 0.457. The zero-order chi connectivity index (χ0) is 25.8. The highest BCUT2D eigenvalue weighted by molar-refractivity contribution is 6.62. The van der Waals surface area contributed by atoms with Crippen LogP contribution in [0.5, 0.6) is 0 Å². The van der Waals surface area contributed by atoms with Crippen LogP contribution < -0.4 is 10.9 Å². The fourth-order valence-corrected chi connectivity index (χ4v) is 3.42. The molecule has 1 aliphatic rings. The Bertz CT molecular complexity index is 930. The molecule has 0 saturated heterocycles. The minimum atomic E-state index is -1.19. The summed E-state index contributed by atoms with van der Waals surface area (Å²) in [5, 5.41) is 11.8. The molecule has 2 N–H and O–H groups in total. The van der Waals surface area contributed by atoms with E-state index in [9.17, 15) is 14.6 Å². The number of fused-ring (bicyclic) bond motifs is 1. The van der Waals surface area contributed by atoms with Gasteiger partial charge in [0.05, 0.1) is 0 Å². The number of nitrogens with zero attached hydrogens (tertiary/aromatic N) is 1. The summed E-state index contributed by atoms with van der Waals surface area (Å²) in [5.41, 5.74) is 3.39. The van der Waals surface area contributed by atoms with Gasteiger partial charge in [-0.05, 0) is 59.4 Å². The van der Waals surface area contributed by atoms with E-state index in [0.717, 1.165) is 23.4 Å². The number of unbranched alkanes of at least 4 members (excludes halogenated alkanes) is 1. The molecule has 1 aromatic carbocycles. The normalized spacial score (nSPS) is 13.9. The number of nitrogens with one attached hydrogen (secondary N) is 1. The third-order valence-corrected chi connectivity index (χ3v) is 4.94. The molecule has 9 heteroatoms. The number of benzene rings is 1. The van der Waals surface area contributed by atoms with Crippen molar-refractivity contribution in [2.75, 3.05) is 0 Å². The smallest absolute Gasteiger partial charge is 0.534 e. The lowest BCUT2D eigenvalue weighted by Gasteiger charge is -2.34. The summed E-state index contributed by atoms with van der Waals surface area (Å²) in [4.78, 5) is 26.1. The molecule has 1 aromatic rings. The standard InChI is InChI=1S/C25H39BN2O6/c1-10-11-12-20-21(18-14-13-17(16(2)3)15-19(18)26(31)34-20)28(23(30)33-25(7,8)9)27-22(29)32-24(4,5)6/h13-16,31H,10-12H2,1-9H3,(H,27,29). The number of hydrazine groups is 1. The van der Waals surface area contributed by atoms with E-state index in [-0.39, 0.29) is 5.92 Å². The number of carbonyl (C=O) groups excluding carboxylic acids is 2. The van der Waals surface area contributed by atoms with Crippen LogP contribution in [0.2, 0.25) is 0 Å². The Hall–Kier alpha value is -2.68. The first-order chi connectivity index (χ1) is 15.6. The van der Waals surface area contributed by atoms with E-state index < -0.39 is 30.5 Å². The summed E-state index contributed by atoms with van der Waals surface area (Å²) in [5.74, 6) is 0.620. The van der Waals surface area contributed by atoms with Crippen molar-refractivity contribution in [1.29, 1.82) is 0 Å². The topological polar surface area (TPSA) is 97.3 Å². The van der Waals surface area contributed by atoms with Crippen LogP contribution in [0.4, 0.5) is 9.59 Å². The first-order valence-electron chi connectivity index (χ1n) is 11.9. The molecule has 0 spiro atoms. The second-order valence-corrected chi connectivity index (χ2v) is 10.8. The largest absolute Gasteiger partial charge is 0.560 e. The lowest BCUT2D eigenvalue weighted by atomic mass is 9.71. The number of rotatable bonds is 5. The van der Waals surface area contributed by atoms with Crippen LogP contribution in [0.3, 0.4) is 0 Å². The summed E-state index contributed by atoms with van der Waals surface area (Å²) >= 11 is 0. The Labute approximate surface area is 203 Å². The maximum Gasteiger partial charge on any atom is 0.560 e. The van der Waals surface area contributed by atoms with Gasteiger partial charge in [-0.3, -0.25) is 0 Å². The molecule has 0 radical (unpaired) electrons. The Morgan fingerprint density at radius 2 is 1.74 bits per heavy atom. The Kier molecular flexibility index (Phi) is 8.69. The van der Waals surface area contributed by atoms with E-state index >= 15 is 0 Å². The highest BCUT2D eigenvalue weighted by Gasteiger charge is 2.39. The SMILES string of the molecule is CCCCC1=C(N(NC(=O)OC(C)(C)C)C(=O)OC(C)(C)C)c2ccc(C(C)C)cc2B(O)O1. The fraction of sp³-hybridized carbons (Fsp3) is 0.600. The van der Waals surface area contributed by atoms with E-state index in [1.807, 2.05) is 25.1 Å². The van der Waals surface area contributed by atoms with Gasteiger partial charge in [-0.1, -0.05) is 45.4 Å². The van der Waals surface area contributed by atoms with Crippen molar-refractivity contribution in [2.45, 2.75) is 98.7 Å². The summed E-state index contributed by atoms with van der Waals surface area (Å²) in [6, 6.07) is 5.65. The van der Waals surface area contributed by atoms with Crippen molar-refractivity contribution in [2.24, 2.45) is 0 Å². The van der Waals surface area contributed by atoms with E-state index in [1.165, 1.54) is 0 Å². The third kappa shape index (κ3) is 7.42. The van der Waals surface area contributed by atoms with Crippen molar-refractivity contribution < 1.29 is 28.7 Å². The number of hydrogen-bond donors (Lipinski definition) is 2. The lowest BCUT2D eigenvalue weighted by molar-refractivity contribution is 0.0138. The van der Waals surface area contributed by atoms with Gasteiger partial charge in [-0.25, -0.2) is 15.0 Å². The molecular weight excluding hydrogens is 435 g/mol. The second-order valence-electron chi connectivity index (χ2n) is 10.8. The minimum Gasteiger partial charge on any atom is -0.534 e. The third-order valence-electron chi connectivity index (χ3n) is 4.94. The van der Waals surface area contributed by atoms with Gasteiger partial charge in [-0.2, -0.15) is 5.01 Å². The van der Waals surface area contributed by atoms with E-state index in [1.54, 1.807) is 41.5 Å². The van der Waals surface area contributed by atoms with E-state index in [4.69, 9.17) is 14.1 Å². The molecule has 0 unspecified atom stereocenters. The van der Waals surface area contributed by atoms with Gasteiger partial charge >= 0.3 is 19.3 Å². The van der Waals surface area contributed by atoms with Crippen LogP contribution in [0.1, 0.15) is 98.6 Å². The summed E-state index contributed by atoms with van der Waals surface area (Å²) in [7, 11) is -1.19. The maximum absolute atomic E-state index is 13.3. The second kappa shape index (κ2) is 10.7. The van der Waals surface area contributed by atoms with Crippen LogP contribution in [-0.4, -0.2) is 40.5 Å². The van der Waals surface area contributed by atoms with Crippen LogP contribution in [0, 0.1) is 0 Å². The molecule has 1 aliphatic heterocycles. The monoisotopic (exact) mass is 474 g/mol. The van der Waals surface area contributed by atoms with E-state index in [0.29, 0.717) is 28.9 Å². The van der Waals surface area contributed by atoms with Crippen molar-refractivity contribution in [3.63, 3.8) is 0 Å². The molecule has 0 saturated carbocycles. The fourth-order valence-electron chi connectivity index (χ4n) is 3.42. The maximum atomic E-state index is 13.3. The number of amides is 2. The number of allylic oxidation sites excluding steroid dienone is 1.